The van der Waals surface area contributed by atoms with E-state index in [1.165, 1.54) is 7.05 Å². The Kier molecular flexibility index (Phi) is 4.79. The first-order chi connectivity index (χ1) is 11.7. The first kappa shape index (κ1) is 19.5. The Bertz CT molecular complexity index is 1280. The summed E-state index contributed by atoms with van der Waals surface area (Å²) < 4.78 is 35.3. The van der Waals surface area contributed by atoms with E-state index >= 15 is 0 Å². The summed E-state index contributed by atoms with van der Waals surface area (Å²) in [6, 6.07) is 9.70. The molecule has 1 aliphatic rings. The van der Waals surface area contributed by atoms with Crippen molar-refractivity contribution in [2.45, 2.75) is 4.90 Å². The number of aryl methyl sites for hydroxylation is 1. The average Bonchev–Trinajstić information content (AvgIpc) is 2.55. The van der Waals surface area contributed by atoms with Crippen LogP contribution >= 0.6 is 15.9 Å². The number of halogens is 1. The summed E-state index contributed by atoms with van der Waals surface area (Å²) in [5.41, 5.74) is 0.490. The number of hydrogen-bond donors (Lipinski definition) is 1. The minimum Gasteiger partial charge on any atom is -0.310 e. The van der Waals surface area contributed by atoms with Gasteiger partial charge in [0, 0.05) is 33.6 Å². The van der Waals surface area contributed by atoms with E-state index in [4.69, 9.17) is 0 Å². The summed E-state index contributed by atoms with van der Waals surface area (Å²) in [4.78, 5) is 24.9. The van der Waals surface area contributed by atoms with Gasteiger partial charge >= 0.3 is 39.7 Å². The zero-order chi connectivity index (χ0) is 18.1. The predicted molar refractivity (Wildman–Crippen MR) is 95.6 cm³/mol. The SMILES string of the molecule is Cn1c(=O)c(S(=O)(=O)O)c2c3c(c(Br)ccc31)C(=O)c1ccccc1-2.[Na+]. The molecule has 1 N–H and O–H groups in total. The van der Waals surface area contributed by atoms with Gasteiger partial charge < -0.3 is 4.57 Å². The first-order valence-electron chi connectivity index (χ1n) is 7.20. The van der Waals surface area contributed by atoms with Crippen LogP contribution in [0.25, 0.3) is 22.0 Å². The largest absolute Gasteiger partial charge is 1.00 e. The van der Waals surface area contributed by atoms with Crippen LogP contribution in [0.2, 0.25) is 0 Å². The van der Waals surface area contributed by atoms with Crippen LogP contribution in [0.1, 0.15) is 15.9 Å². The second kappa shape index (κ2) is 6.40. The molecule has 0 unspecified atom stereocenters. The van der Waals surface area contributed by atoms with Crippen molar-refractivity contribution in [1.82, 2.24) is 4.57 Å². The molecule has 0 amide bonds. The molecule has 3 aromatic rings. The molecule has 4 rings (SSSR count). The standard InChI is InChI=1S/C17H10BrNO5S.Na/c1-19-11-7-6-10(18)13-14(11)12(16(17(19)21)25(22,23)24)8-4-2-3-5-9(8)15(13)20;/h2-7H,1H3,(H,22,23,24);/q;+1. The van der Waals surface area contributed by atoms with E-state index in [1.807, 2.05) is 0 Å². The maximum Gasteiger partial charge on any atom is 1.00 e. The maximum atomic E-state index is 12.9. The number of aromatic nitrogens is 1. The molecular weight excluding hydrogens is 433 g/mol. The Labute approximate surface area is 179 Å². The molecule has 126 valence electrons. The van der Waals surface area contributed by atoms with Crippen molar-refractivity contribution in [3.05, 3.63) is 62.4 Å². The van der Waals surface area contributed by atoms with Gasteiger partial charge in [0.25, 0.3) is 5.56 Å². The third kappa shape index (κ3) is 2.56. The molecule has 6 nitrogen and oxygen atoms in total. The Morgan fingerprint density at radius 2 is 1.62 bits per heavy atom. The molecule has 0 aliphatic heterocycles. The van der Waals surface area contributed by atoms with Crippen molar-refractivity contribution in [1.29, 1.82) is 0 Å². The van der Waals surface area contributed by atoms with Crippen molar-refractivity contribution >= 4 is 42.7 Å². The van der Waals surface area contributed by atoms with Crippen molar-refractivity contribution in [2.75, 3.05) is 0 Å². The van der Waals surface area contributed by atoms with Gasteiger partial charge in [0.05, 0.1) is 5.52 Å². The predicted octanol–water partition coefficient (Wildman–Crippen LogP) is -0.237. The molecule has 0 fully saturated rings. The van der Waals surface area contributed by atoms with Crippen LogP contribution in [-0.4, -0.2) is 23.3 Å². The summed E-state index contributed by atoms with van der Waals surface area (Å²) in [6.07, 6.45) is 0. The summed E-state index contributed by atoms with van der Waals surface area (Å²) in [6.45, 7) is 0. The fourth-order valence-corrected chi connectivity index (χ4v) is 4.67. The van der Waals surface area contributed by atoms with Crippen LogP contribution in [0.3, 0.4) is 0 Å². The van der Waals surface area contributed by atoms with Crippen molar-refractivity contribution in [3.8, 4) is 11.1 Å². The number of fused-ring (bicyclic) bond motifs is 2. The molecule has 9 heteroatoms. The molecule has 0 bridgehead atoms. The second-order valence-corrected chi connectivity index (χ2v) is 7.95. The number of hydrogen-bond acceptors (Lipinski definition) is 4. The maximum absolute atomic E-state index is 12.9. The van der Waals surface area contributed by atoms with Gasteiger partial charge in [-0.3, -0.25) is 14.1 Å². The van der Waals surface area contributed by atoms with E-state index < -0.39 is 20.6 Å². The molecule has 0 radical (unpaired) electrons. The Morgan fingerprint density at radius 1 is 1.00 bits per heavy atom. The Morgan fingerprint density at radius 3 is 2.23 bits per heavy atom. The Hall–Kier alpha value is -1.29. The van der Waals surface area contributed by atoms with Gasteiger partial charge in [0.2, 0.25) is 0 Å². The van der Waals surface area contributed by atoms with Crippen LogP contribution in [0.4, 0.5) is 0 Å². The van der Waals surface area contributed by atoms with Crippen LogP contribution in [0.15, 0.2) is 50.6 Å². The molecule has 0 saturated heterocycles. The summed E-state index contributed by atoms with van der Waals surface area (Å²) in [5, 5.41) is 0.327. The van der Waals surface area contributed by atoms with E-state index in [0.717, 1.165) is 4.57 Å². The van der Waals surface area contributed by atoms with Gasteiger partial charge in [-0.1, -0.05) is 40.2 Å². The van der Waals surface area contributed by atoms with Crippen molar-refractivity contribution in [3.63, 3.8) is 0 Å². The molecule has 1 aliphatic carbocycles. The minimum atomic E-state index is -4.81. The van der Waals surface area contributed by atoms with Gasteiger partial charge in [-0.25, -0.2) is 0 Å². The van der Waals surface area contributed by atoms with Crippen molar-refractivity contribution in [2.24, 2.45) is 7.05 Å². The van der Waals surface area contributed by atoms with Gasteiger partial charge in [-0.15, -0.1) is 0 Å². The van der Waals surface area contributed by atoms with Crippen LogP contribution in [0.5, 0.6) is 0 Å². The second-order valence-electron chi connectivity index (χ2n) is 5.73. The number of carbonyl (C=O) groups excluding carboxylic acids is 1. The summed E-state index contributed by atoms with van der Waals surface area (Å²) in [5.74, 6) is -0.277. The topological polar surface area (TPSA) is 93.4 Å². The zero-order valence-electron chi connectivity index (χ0n) is 13.8. The molecule has 2 aromatic carbocycles. The van der Waals surface area contributed by atoms with E-state index in [1.54, 1.807) is 36.4 Å². The van der Waals surface area contributed by atoms with Crippen LogP contribution in [-0.2, 0) is 17.2 Å². The van der Waals surface area contributed by atoms with E-state index in [0.29, 0.717) is 20.9 Å². The smallest absolute Gasteiger partial charge is 0.310 e. The third-order valence-corrected chi connectivity index (χ3v) is 5.95. The number of carbonyl (C=O) groups is 1. The molecule has 1 heterocycles. The van der Waals surface area contributed by atoms with E-state index in [2.05, 4.69) is 15.9 Å². The average molecular weight is 443 g/mol. The number of rotatable bonds is 1. The molecule has 0 atom stereocenters. The number of ketones is 1. The van der Waals surface area contributed by atoms with Crippen LogP contribution < -0.4 is 35.1 Å². The van der Waals surface area contributed by atoms with Crippen LogP contribution in [0, 0.1) is 0 Å². The van der Waals surface area contributed by atoms with Gasteiger partial charge in [-0.2, -0.15) is 8.42 Å². The van der Waals surface area contributed by atoms with Gasteiger partial charge in [-0.05, 0) is 17.7 Å². The Balaban J connectivity index is 0.00000196. The van der Waals surface area contributed by atoms with Gasteiger partial charge in [0.15, 0.2) is 10.7 Å². The molecule has 0 saturated carbocycles. The molecule has 0 spiro atoms. The third-order valence-electron chi connectivity index (χ3n) is 4.40. The number of benzene rings is 2. The van der Waals surface area contributed by atoms with E-state index in [-0.39, 0.29) is 52.0 Å². The fraction of sp³-hybridized carbons (Fsp3) is 0.0588. The van der Waals surface area contributed by atoms with Crippen molar-refractivity contribution < 1.29 is 47.3 Å². The number of nitrogens with zero attached hydrogens (tertiary/aromatic N) is 1. The number of pyridine rings is 1. The summed E-state index contributed by atoms with van der Waals surface area (Å²) in [7, 11) is -3.40. The summed E-state index contributed by atoms with van der Waals surface area (Å²) >= 11 is 3.34. The fourth-order valence-electron chi connectivity index (χ4n) is 3.33. The molecular formula is C17H10BrNNaO5S+. The quantitative estimate of drug-likeness (QED) is 0.324. The van der Waals surface area contributed by atoms with Gasteiger partial charge in [0.1, 0.15) is 0 Å². The first-order valence-corrected chi connectivity index (χ1v) is 9.43. The molecule has 26 heavy (non-hydrogen) atoms. The minimum absolute atomic E-state index is 0. The van der Waals surface area contributed by atoms with E-state index in [9.17, 15) is 22.6 Å². The normalized spacial score (nSPS) is 12.7. The zero-order valence-corrected chi connectivity index (χ0v) is 18.2. The monoisotopic (exact) mass is 442 g/mol. The molecule has 1 aromatic heterocycles.